The van der Waals surface area contributed by atoms with E-state index in [1.807, 2.05) is 23.1 Å². The van der Waals surface area contributed by atoms with Gasteiger partial charge in [-0.25, -0.2) is 8.42 Å². The van der Waals surface area contributed by atoms with E-state index in [0.717, 1.165) is 25.8 Å². The number of hydrogen-bond donors (Lipinski definition) is 0. The lowest BCUT2D eigenvalue weighted by Gasteiger charge is -2.27. The van der Waals surface area contributed by atoms with E-state index in [2.05, 4.69) is 12.1 Å². The van der Waals surface area contributed by atoms with Crippen LogP contribution in [0.4, 0.5) is 0 Å². The Morgan fingerprint density at radius 3 is 2.62 bits per heavy atom. The highest BCUT2D eigenvalue weighted by molar-refractivity contribution is 7.91. The molecule has 1 aromatic carbocycles. The summed E-state index contributed by atoms with van der Waals surface area (Å²) in [7, 11) is -2.99. The standard InChI is InChI=1S/C16H21NO3S/c18-16(14-8-10-21(19,20)12-14)17-9-4-7-15(17)11-13-5-2-1-3-6-13/h1-3,5-6,14-15H,4,7-12H2/t14-,15-/m0/s1. The number of carbonyl (C=O) groups is 1. The summed E-state index contributed by atoms with van der Waals surface area (Å²) >= 11 is 0. The van der Waals surface area contributed by atoms with Crippen LogP contribution in [-0.4, -0.2) is 43.3 Å². The van der Waals surface area contributed by atoms with Crippen LogP contribution < -0.4 is 0 Å². The first kappa shape index (κ1) is 14.6. The molecular formula is C16H21NO3S. The van der Waals surface area contributed by atoms with Gasteiger partial charge in [0.1, 0.15) is 0 Å². The predicted octanol–water partition coefficient (Wildman–Crippen LogP) is 1.65. The molecule has 114 valence electrons. The molecule has 4 nitrogen and oxygen atoms in total. The molecule has 1 amide bonds. The minimum absolute atomic E-state index is 0.0421. The molecule has 0 N–H and O–H groups in total. The third kappa shape index (κ3) is 3.28. The lowest BCUT2D eigenvalue weighted by Crippen LogP contribution is -2.41. The Bertz CT molecular complexity index is 612. The van der Waals surface area contributed by atoms with Gasteiger partial charge in [-0.05, 0) is 31.2 Å². The van der Waals surface area contributed by atoms with Crippen molar-refractivity contribution in [2.24, 2.45) is 5.92 Å². The van der Waals surface area contributed by atoms with Crippen LogP contribution in [0.1, 0.15) is 24.8 Å². The SMILES string of the molecule is O=C([C@H]1CCS(=O)(=O)C1)N1CCC[C@H]1Cc1ccccc1. The molecule has 21 heavy (non-hydrogen) atoms. The largest absolute Gasteiger partial charge is 0.339 e. The molecule has 3 rings (SSSR count). The first-order valence-corrected chi connectivity index (χ1v) is 9.42. The van der Waals surface area contributed by atoms with Crippen LogP contribution in [-0.2, 0) is 21.1 Å². The van der Waals surface area contributed by atoms with Gasteiger partial charge in [0, 0.05) is 12.6 Å². The first-order chi connectivity index (χ1) is 10.1. The summed E-state index contributed by atoms with van der Waals surface area (Å²) in [6.45, 7) is 0.771. The summed E-state index contributed by atoms with van der Waals surface area (Å²) < 4.78 is 23.1. The predicted molar refractivity (Wildman–Crippen MR) is 81.6 cm³/mol. The first-order valence-electron chi connectivity index (χ1n) is 7.60. The average Bonchev–Trinajstić information content (AvgIpc) is 3.06. The number of amides is 1. The zero-order valence-electron chi connectivity index (χ0n) is 12.1. The molecule has 2 fully saturated rings. The number of rotatable bonds is 3. The van der Waals surface area contributed by atoms with E-state index in [-0.39, 0.29) is 29.4 Å². The zero-order valence-corrected chi connectivity index (χ0v) is 12.9. The Hall–Kier alpha value is -1.36. The summed E-state index contributed by atoms with van der Waals surface area (Å²) in [5, 5.41) is 0. The fourth-order valence-electron chi connectivity index (χ4n) is 3.45. The third-order valence-electron chi connectivity index (χ3n) is 4.56. The average molecular weight is 307 g/mol. The highest BCUT2D eigenvalue weighted by Crippen LogP contribution is 2.27. The van der Waals surface area contributed by atoms with Crippen LogP contribution in [0.25, 0.3) is 0 Å². The van der Waals surface area contributed by atoms with Crippen molar-refractivity contribution in [3.05, 3.63) is 35.9 Å². The van der Waals surface area contributed by atoms with E-state index in [1.54, 1.807) is 0 Å². The van der Waals surface area contributed by atoms with E-state index >= 15 is 0 Å². The molecule has 5 heteroatoms. The fourth-order valence-corrected chi connectivity index (χ4v) is 5.18. The van der Waals surface area contributed by atoms with Crippen molar-refractivity contribution in [1.29, 1.82) is 0 Å². The van der Waals surface area contributed by atoms with Crippen LogP contribution in [0.5, 0.6) is 0 Å². The summed E-state index contributed by atoms with van der Waals surface area (Å²) in [6.07, 6.45) is 3.39. The van der Waals surface area contributed by atoms with Crippen LogP contribution in [0.3, 0.4) is 0 Å². The smallest absolute Gasteiger partial charge is 0.226 e. The van der Waals surface area contributed by atoms with Gasteiger partial charge in [0.15, 0.2) is 9.84 Å². The van der Waals surface area contributed by atoms with Crippen LogP contribution in [0.15, 0.2) is 30.3 Å². The number of carbonyl (C=O) groups excluding carboxylic acids is 1. The van der Waals surface area contributed by atoms with Gasteiger partial charge in [0.2, 0.25) is 5.91 Å². The van der Waals surface area contributed by atoms with E-state index in [4.69, 9.17) is 0 Å². The molecule has 1 aromatic rings. The van der Waals surface area contributed by atoms with E-state index in [9.17, 15) is 13.2 Å². The quantitative estimate of drug-likeness (QED) is 0.853. The zero-order chi connectivity index (χ0) is 14.9. The number of likely N-dealkylation sites (tertiary alicyclic amines) is 1. The van der Waals surface area contributed by atoms with Gasteiger partial charge in [-0.3, -0.25) is 4.79 Å². The van der Waals surface area contributed by atoms with Crippen molar-refractivity contribution in [1.82, 2.24) is 4.90 Å². The molecule has 0 aromatic heterocycles. The molecule has 2 heterocycles. The molecule has 2 aliphatic rings. The maximum atomic E-state index is 12.6. The molecule has 0 unspecified atom stereocenters. The monoisotopic (exact) mass is 307 g/mol. The minimum Gasteiger partial charge on any atom is -0.339 e. The van der Waals surface area contributed by atoms with Gasteiger partial charge >= 0.3 is 0 Å². The molecule has 2 aliphatic heterocycles. The third-order valence-corrected chi connectivity index (χ3v) is 6.32. The van der Waals surface area contributed by atoms with Gasteiger partial charge < -0.3 is 4.90 Å². The molecular weight excluding hydrogens is 286 g/mol. The molecule has 0 spiro atoms. The molecule has 0 aliphatic carbocycles. The van der Waals surface area contributed by atoms with Gasteiger partial charge in [-0.2, -0.15) is 0 Å². The molecule has 0 bridgehead atoms. The number of hydrogen-bond acceptors (Lipinski definition) is 3. The topological polar surface area (TPSA) is 54.5 Å². The summed E-state index contributed by atoms with van der Waals surface area (Å²) in [6, 6.07) is 10.4. The van der Waals surface area contributed by atoms with E-state index in [0.29, 0.717) is 6.42 Å². The van der Waals surface area contributed by atoms with Crippen molar-refractivity contribution in [3.8, 4) is 0 Å². The Morgan fingerprint density at radius 2 is 1.95 bits per heavy atom. The van der Waals surface area contributed by atoms with Crippen molar-refractivity contribution < 1.29 is 13.2 Å². The minimum atomic E-state index is -2.99. The van der Waals surface area contributed by atoms with Crippen LogP contribution >= 0.6 is 0 Å². The maximum absolute atomic E-state index is 12.6. The van der Waals surface area contributed by atoms with Crippen molar-refractivity contribution in [2.45, 2.75) is 31.7 Å². The Morgan fingerprint density at radius 1 is 1.19 bits per heavy atom. The molecule has 2 atom stereocenters. The van der Waals surface area contributed by atoms with Crippen molar-refractivity contribution in [3.63, 3.8) is 0 Å². The van der Waals surface area contributed by atoms with Gasteiger partial charge in [-0.15, -0.1) is 0 Å². The Labute approximate surface area is 126 Å². The second kappa shape index (κ2) is 5.79. The van der Waals surface area contributed by atoms with E-state index < -0.39 is 9.84 Å². The molecule has 0 saturated carbocycles. The number of nitrogens with zero attached hydrogens (tertiary/aromatic N) is 1. The summed E-state index contributed by atoms with van der Waals surface area (Å²) in [5.74, 6) is -0.0538. The summed E-state index contributed by atoms with van der Waals surface area (Å²) in [4.78, 5) is 14.5. The van der Waals surface area contributed by atoms with Crippen molar-refractivity contribution >= 4 is 15.7 Å². The second-order valence-corrected chi connectivity index (χ2v) is 8.35. The normalized spacial score (nSPS) is 27.9. The maximum Gasteiger partial charge on any atom is 0.226 e. The number of benzene rings is 1. The van der Waals surface area contributed by atoms with Gasteiger partial charge in [0.05, 0.1) is 17.4 Å². The lowest BCUT2D eigenvalue weighted by molar-refractivity contribution is -0.135. The Balaban J connectivity index is 1.68. The van der Waals surface area contributed by atoms with Gasteiger partial charge in [-0.1, -0.05) is 30.3 Å². The highest BCUT2D eigenvalue weighted by Gasteiger charge is 2.38. The number of sulfone groups is 1. The molecule has 2 saturated heterocycles. The second-order valence-electron chi connectivity index (χ2n) is 6.12. The Kier molecular flexibility index (Phi) is 4.02. The van der Waals surface area contributed by atoms with E-state index in [1.165, 1.54) is 5.56 Å². The van der Waals surface area contributed by atoms with Gasteiger partial charge in [0.25, 0.3) is 0 Å². The lowest BCUT2D eigenvalue weighted by atomic mass is 10.0. The van der Waals surface area contributed by atoms with Crippen molar-refractivity contribution in [2.75, 3.05) is 18.1 Å². The molecule has 0 radical (unpaired) electrons. The van der Waals surface area contributed by atoms with Crippen LogP contribution in [0.2, 0.25) is 0 Å². The highest BCUT2D eigenvalue weighted by atomic mass is 32.2. The van der Waals surface area contributed by atoms with Crippen LogP contribution in [0, 0.1) is 5.92 Å². The fraction of sp³-hybridized carbons (Fsp3) is 0.562. The summed E-state index contributed by atoms with van der Waals surface area (Å²) in [5.41, 5.74) is 1.24.